The minimum Gasteiger partial charge on any atom is -0.744 e. The van der Waals surface area contributed by atoms with Crippen molar-refractivity contribution in [3.8, 4) is 0 Å². The summed E-state index contributed by atoms with van der Waals surface area (Å²) in [7, 11) is -4.27. The van der Waals surface area contributed by atoms with Crippen LogP contribution in [0.1, 0.15) is 12.0 Å². The Bertz CT molecular complexity index is 624. The first-order chi connectivity index (χ1) is 9.93. The quantitative estimate of drug-likeness (QED) is 0.681. The van der Waals surface area contributed by atoms with Gasteiger partial charge in [0.25, 0.3) is 0 Å². The number of aliphatic hydroxyl groups is 1. The highest BCUT2D eigenvalue weighted by Crippen LogP contribution is 2.08. The lowest BCUT2D eigenvalue weighted by Gasteiger charge is -2.05. The van der Waals surface area contributed by atoms with Gasteiger partial charge >= 0.3 is 0 Å². The van der Waals surface area contributed by atoms with Crippen LogP contribution in [0.15, 0.2) is 59.8 Å². The third kappa shape index (κ3) is 6.99. The average molecular weight is 309 g/mol. The zero-order valence-electron chi connectivity index (χ0n) is 11.8. The van der Waals surface area contributed by atoms with Crippen molar-refractivity contribution in [3.63, 3.8) is 0 Å². The molecule has 0 saturated carbocycles. The van der Waals surface area contributed by atoms with Gasteiger partial charge in [-0.25, -0.2) is 13.0 Å². The van der Waals surface area contributed by atoms with Crippen LogP contribution in [0.4, 0.5) is 0 Å². The van der Waals surface area contributed by atoms with Crippen molar-refractivity contribution in [1.29, 1.82) is 0 Å². The SMILES string of the molecule is Cc1ccc(S(=O)(=O)[O-])cc1.OCCC[n+]1ccccc1. The molecule has 0 radical (unpaired) electrons. The fourth-order valence-electron chi connectivity index (χ4n) is 1.54. The van der Waals surface area contributed by atoms with Gasteiger partial charge in [-0.15, -0.1) is 0 Å². The standard InChI is InChI=1S/C8H12NO.C7H8O3S/c10-8-4-7-9-5-2-1-3-6-9;1-6-2-4-7(5-3-6)11(8,9)10/h1-3,5-6,10H,4,7-8H2;2-5H,1H3,(H,8,9,10)/q+1;/p-1. The molecule has 0 bridgehead atoms. The molecule has 0 spiro atoms. The Hall–Kier alpha value is -1.76. The number of aryl methyl sites for hydroxylation is 2. The maximum atomic E-state index is 10.4. The summed E-state index contributed by atoms with van der Waals surface area (Å²) in [6.07, 6.45) is 4.82. The molecule has 0 atom stereocenters. The molecule has 0 amide bonds. The Balaban J connectivity index is 0.000000211. The molecule has 114 valence electrons. The number of aliphatic hydroxyl groups excluding tert-OH is 1. The van der Waals surface area contributed by atoms with Crippen molar-refractivity contribution < 1.29 is 22.6 Å². The highest BCUT2D eigenvalue weighted by Gasteiger charge is 1.97. The van der Waals surface area contributed by atoms with Gasteiger partial charge in [-0.2, -0.15) is 0 Å². The Morgan fingerprint density at radius 3 is 2.14 bits per heavy atom. The number of hydrogen-bond acceptors (Lipinski definition) is 4. The maximum Gasteiger partial charge on any atom is 0.168 e. The second kappa shape index (κ2) is 8.51. The summed E-state index contributed by atoms with van der Waals surface area (Å²) in [5, 5.41) is 8.51. The summed E-state index contributed by atoms with van der Waals surface area (Å²) in [6.45, 7) is 2.99. The molecule has 1 heterocycles. The van der Waals surface area contributed by atoms with Gasteiger partial charge in [0, 0.05) is 25.2 Å². The van der Waals surface area contributed by atoms with Crippen LogP contribution >= 0.6 is 0 Å². The van der Waals surface area contributed by atoms with Gasteiger partial charge in [0.1, 0.15) is 10.1 Å². The van der Waals surface area contributed by atoms with Crippen LogP contribution in [-0.4, -0.2) is 24.7 Å². The van der Waals surface area contributed by atoms with Gasteiger partial charge in [-0.3, -0.25) is 0 Å². The van der Waals surface area contributed by atoms with E-state index in [1.54, 1.807) is 12.1 Å². The van der Waals surface area contributed by atoms with Crippen molar-refractivity contribution in [2.75, 3.05) is 6.61 Å². The zero-order valence-corrected chi connectivity index (χ0v) is 12.7. The minimum absolute atomic E-state index is 0.178. The Kier molecular flexibility index (Phi) is 7.01. The normalized spacial score (nSPS) is 10.6. The molecule has 0 aliphatic rings. The zero-order chi connectivity index (χ0) is 15.7. The monoisotopic (exact) mass is 309 g/mol. The fraction of sp³-hybridized carbons (Fsp3) is 0.267. The molecular formula is C15H19NO4S. The number of hydrogen-bond donors (Lipinski definition) is 1. The molecule has 2 rings (SSSR count). The Labute approximate surface area is 125 Å². The molecule has 6 heteroatoms. The smallest absolute Gasteiger partial charge is 0.168 e. The van der Waals surface area contributed by atoms with E-state index in [1.165, 1.54) is 12.1 Å². The van der Waals surface area contributed by atoms with Crippen LogP contribution in [0.2, 0.25) is 0 Å². The highest BCUT2D eigenvalue weighted by atomic mass is 32.2. The van der Waals surface area contributed by atoms with Gasteiger partial charge in [-0.05, 0) is 19.1 Å². The summed E-state index contributed by atoms with van der Waals surface area (Å²) in [5.41, 5.74) is 0.928. The van der Waals surface area contributed by atoms with Crippen molar-refractivity contribution in [3.05, 3.63) is 60.4 Å². The first-order valence-electron chi connectivity index (χ1n) is 6.51. The molecule has 21 heavy (non-hydrogen) atoms. The lowest BCUT2D eigenvalue weighted by molar-refractivity contribution is -0.697. The lowest BCUT2D eigenvalue weighted by Crippen LogP contribution is -2.32. The van der Waals surface area contributed by atoms with E-state index >= 15 is 0 Å². The summed E-state index contributed by atoms with van der Waals surface area (Å²) in [6, 6.07) is 11.7. The summed E-state index contributed by atoms with van der Waals surface area (Å²) < 4.78 is 33.2. The first kappa shape index (κ1) is 17.3. The number of benzene rings is 1. The van der Waals surface area contributed by atoms with Crippen LogP contribution in [0.25, 0.3) is 0 Å². The Morgan fingerprint density at radius 2 is 1.67 bits per heavy atom. The summed E-state index contributed by atoms with van der Waals surface area (Å²) in [5.74, 6) is 0. The lowest BCUT2D eigenvalue weighted by atomic mass is 10.2. The van der Waals surface area contributed by atoms with Gasteiger partial charge < -0.3 is 9.66 Å². The van der Waals surface area contributed by atoms with E-state index in [9.17, 15) is 13.0 Å². The second-order valence-electron chi connectivity index (χ2n) is 4.46. The molecule has 5 nitrogen and oxygen atoms in total. The molecular weight excluding hydrogens is 290 g/mol. The molecule has 0 aliphatic carbocycles. The third-order valence-electron chi connectivity index (χ3n) is 2.66. The first-order valence-corrected chi connectivity index (χ1v) is 7.92. The molecule has 2 aromatic rings. The molecule has 1 aromatic heterocycles. The van der Waals surface area contributed by atoms with E-state index in [0.29, 0.717) is 0 Å². The number of rotatable bonds is 4. The molecule has 0 unspecified atom stereocenters. The number of aromatic nitrogens is 1. The van der Waals surface area contributed by atoms with Gasteiger partial charge in [0.15, 0.2) is 18.9 Å². The second-order valence-corrected chi connectivity index (χ2v) is 5.84. The van der Waals surface area contributed by atoms with E-state index < -0.39 is 10.1 Å². The van der Waals surface area contributed by atoms with Crippen molar-refractivity contribution in [1.82, 2.24) is 0 Å². The minimum atomic E-state index is -4.27. The van der Waals surface area contributed by atoms with Crippen LogP contribution in [-0.2, 0) is 16.7 Å². The largest absolute Gasteiger partial charge is 0.744 e. The van der Waals surface area contributed by atoms with E-state index in [2.05, 4.69) is 4.57 Å². The molecule has 1 N–H and O–H groups in total. The van der Waals surface area contributed by atoms with E-state index in [0.717, 1.165) is 18.5 Å². The third-order valence-corrected chi connectivity index (χ3v) is 3.51. The van der Waals surface area contributed by atoms with Crippen LogP contribution in [0.3, 0.4) is 0 Å². The molecule has 1 aromatic carbocycles. The van der Waals surface area contributed by atoms with E-state index in [4.69, 9.17) is 5.11 Å². The van der Waals surface area contributed by atoms with E-state index in [1.807, 2.05) is 37.5 Å². The predicted octanol–water partition coefficient (Wildman–Crippen LogP) is 1.26. The van der Waals surface area contributed by atoms with Crippen LogP contribution in [0, 0.1) is 6.92 Å². The van der Waals surface area contributed by atoms with Crippen LogP contribution in [0.5, 0.6) is 0 Å². The summed E-state index contributed by atoms with van der Waals surface area (Å²) >= 11 is 0. The van der Waals surface area contributed by atoms with Crippen molar-refractivity contribution >= 4 is 10.1 Å². The van der Waals surface area contributed by atoms with Crippen molar-refractivity contribution in [2.45, 2.75) is 24.8 Å². The molecule has 0 fully saturated rings. The van der Waals surface area contributed by atoms with Gasteiger partial charge in [0.2, 0.25) is 0 Å². The van der Waals surface area contributed by atoms with Gasteiger partial charge in [0.05, 0.1) is 4.90 Å². The van der Waals surface area contributed by atoms with E-state index in [-0.39, 0.29) is 11.5 Å². The molecule has 0 aliphatic heterocycles. The fourth-order valence-corrected chi connectivity index (χ4v) is 2.01. The highest BCUT2D eigenvalue weighted by molar-refractivity contribution is 7.85. The topological polar surface area (TPSA) is 81.3 Å². The van der Waals surface area contributed by atoms with Crippen LogP contribution < -0.4 is 4.57 Å². The predicted molar refractivity (Wildman–Crippen MR) is 77.5 cm³/mol. The summed E-state index contributed by atoms with van der Waals surface area (Å²) in [4.78, 5) is -0.178. The molecule has 0 saturated heterocycles. The Morgan fingerprint density at radius 1 is 1.10 bits per heavy atom. The number of pyridine rings is 1. The number of nitrogens with zero attached hydrogens (tertiary/aromatic N) is 1. The van der Waals surface area contributed by atoms with Gasteiger partial charge in [-0.1, -0.05) is 23.8 Å². The maximum absolute atomic E-state index is 10.4. The average Bonchev–Trinajstić information content (AvgIpc) is 2.46. The van der Waals surface area contributed by atoms with Crippen molar-refractivity contribution in [2.24, 2.45) is 0 Å².